The van der Waals surface area contributed by atoms with Gasteiger partial charge in [-0.05, 0) is 0 Å². The number of hydrogen-bond acceptors (Lipinski definition) is 4. The maximum Gasteiger partial charge on any atom is 0.332 e. The molecule has 7 heteroatoms. The number of aryl methyl sites for hydroxylation is 2. The van der Waals surface area contributed by atoms with Gasteiger partial charge >= 0.3 is 5.69 Å². The Labute approximate surface area is 78.2 Å². The summed E-state index contributed by atoms with van der Waals surface area (Å²) in [5.41, 5.74) is -0.167. The topological polar surface area (TPSA) is 74.7 Å². The molecule has 0 saturated heterocycles. The van der Waals surface area contributed by atoms with Gasteiger partial charge in [0, 0.05) is 21.1 Å². The van der Waals surface area contributed by atoms with Crippen LogP contribution in [0.15, 0.2) is 9.59 Å². The maximum atomic E-state index is 11.5. The molecule has 0 unspecified atom stereocenters. The van der Waals surface area contributed by atoms with E-state index in [9.17, 15) is 9.59 Å². The maximum absolute atomic E-state index is 11.5. The summed E-state index contributed by atoms with van der Waals surface area (Å²) in [6, 6.07) is 0. The van der Waals surface area contributed by atoms with Crippen LogP contribution in [0, 0.1) is 0 Å². The van der Waals surface area contributed by atoms with E-state index in [0.717, 1.165) is 4.57 Å². The molecule has 0 aliphatic heterocycles. The van der Waals surface area contributed by atoms with Crippen molar-refractivity contribution in [3.05, 3.63) is 20.8 Å². The Kier molecular flexibility index (Phi) is 1.57. The molecule has 2 heterocycles. The van der Waals surface area contributed by atoms with Crippen molar-refractivity contribution in [2.75, 3.05) is 0 Å². The highest BCUT2D eigenvalue weighted by Gasteiger charge is 2.12. The number of aromatic nitrogens is 5. The molecule has 0 amide bonds. The lowest BCUT2D eigenvalue weighted by Gasteiger charge is -2.02. The first-order valence-corrected chi connectivity index (χ1v) is 3.99. The van der Waals surface area contributed by atoms with Gasteiger partial charge < -0.3 is 0 Å². The molecule has 0 saturated carbocycles. The Morgan fingerprint density at radius 1 is 1.07 bits per heavy atom. The van der Waals surface area contributed by atoms with E-state index in [1.165, 1.54) is 16.3 Å². The SMILES string of the molecule is Cn1c(=O)c2nnn(C)c2n(C)c1=O. The van der Waals surface area contributed by atoms with Gasteiger partial charge in [-0.2, -0.15) is 0 Å². The molecule has 2 rings (SSSR count). The van der Waals surface area contributed by atoms with Crippen molar-refractivity contribution in [2.24, 2.45) is 21.1 Å². The van der Waals surface area contributed by atoms with E-state index in [0.29, 0.717) is 5.65 Å². The molecule has 0 aliphatic carbocycles. The molecular formula is C7H9N5O2. The number of hydrogen-bond donors (Lipinski definition) is 0. The van der Waals surface area contributed by atoms with Gasteiger partial charge in [0.2, 0.25) is 0 Å². The molecule has 0 aliphatic rings. The van der Waals surface area contributed by atoms with Crippen molar-refractivity contribution in [1.82, 2.24) is 24.1 Å². The summed E-state index contributed by atoms with van der Waals surface area (Å²) in [7, 11) is 4.63. The molecule has 0 spiro atoms. The van der Waals surface area contributed by atoms with Gasteiger partial charge in [0.05, 0.1) is 0 Å². The average Bonchev–Trinajstić information content (AvgIpc) is 2.54. The molecule has 0 bridgehead atoms. The van der Waals surface area contributed by atoms with E-state index in [1.54, 1.807) is 14.1 Å². The summed E-state index contributed by atoms with van der Waals surface area (Å²) in [6.07, 6.45) is 0. The van der Waals surface area contributed by atoms with Gasteiger partial charge in [-0.15, -0.1) is 5.10 Å². The second kappa shape index (κ2) is 2.53. The first-order valence-electron chi connectivity index (χ1n) is 3.99. The largest absolute Gasteiger partial charge is 0.332 e. The first kappa shape index (κ1) is 8.67. The zero-order valence-corrected chi connectivity index (χ0v) is 8.05. The highest BCUT2D eigenvalue weighted by atomic mass is 16.2. The fourth-order valence-corrected chi connectivity index (χ4v) is 1.43. The minimum absolute atomic E-state index is 0.206. The molecule has 0 fully saturated rings. The van der Waals surface area contributed by atoms with Crippen LogP contribution in [0.2, 0.25) is 0 Å². The van der Waals surface area contributed by atoms with Gasteiger partial charge in [0.1, 0.15) is 0 Å². The minimum Gasteiger partial charge on any atom is -0.279 e. The van der Waals surface area contributed by atoms with Crippen molar-refractivity contribution in [3.63, 3.8) is 0 Å². The third-order valence-corrected chi connectivity index (χ3v) is 2.20. The Balaban J connectivity index is 3.22. The van der Waals surface area contributed by atoms with Crippen LogP contribution < -0.4 is 11.2 Å². The molecule has 14 heavy (non-hydrogen) atoms. The van der Waals surface area contributed by atoms with Gasteiger partial charge in [0.25, 0.3) is 5.56 Å². The van der Waals surface area contributed by atoms with E-state index in [1.807, 2.05) is 0 Å². The molecule has 0 aromatic carbocycles. The second-order valence-corrected chi connectivity index (χ2v) is 3.09. The van der Waals surface area contributed by atoms with Crippen LogP contribution in [0.4, 0.5) is 0 Å². The van der Waals surface area contributed by atoms with Gasteiger partial charge in [-0.1, -0.05) is 5.21 Å². The molecule has 74 valence electrons. The van der Waals surface area contributed by atoms with Crippen molar-refractivity contribution in [2.45, 2.75) is 0 Å². The molecule has 0 radical (unpaired) electrons. The van der Waals surface area contributed by atoms with Crippen molar-refractivity contribution in [3.8, 4) is 0 Å². The summed E-state index contributed by atoms with van der Waals surface area (Å²) >= 11 is 0. The van der Waals surface area contributed by atoms with Crippen LogP contribution in [0.5, 0.6) is 0 Å². The standard InChI is InChI=1S/C7H9N5O2/c1-10-5-4(8-9-12(5)3)6(13)11(2)7(10)14/h1-3H3. The van der Waals surface area contributed by atoms with Crippen LogP contribution in [0.25, 0.3) is 11.2 Å². The van der Waals surface area contributed by atoms with Gasteiger partial charge in [0.15, 0.2) is 11.2 Å². The third-order valence-electron chi connectivity index (χ3n) is 2.20. The van der Waals surface area contributed by atoms with Crippen molar-refractivity contribution >= 4 is 11.2 Å². The fraction of sp³-hybridized carbons (Fsp3) is 0.429. The zero-order chi connectivity index (χ0) is 10.5. The van der Waals surface area contributed by atoms with E-state index in [2.05, 4.69) is 10.3 Å². The van der Waals surface area contributed by atoms with Gasteiger partial charge in [-0.3, -0.25) is 13.9 Å². The smallest absolute Gasteiger partial charge is 0.279 e. The Bertz CT molecular complexity index is 617. The van der Waals surface area contributed by atoms with Crippen LogP contribution in [0.1, 0.15) is 0 Å². The highest BCUT2D eigenvalue weighted by Crippen LogP contribution is 1.99. The molecule has 7 nitrogen and oxygen atoms in total. The second-order valence-electron chi connectivity index (χ2n) is 3.09. The summed E-state index contributed by atoms with van der Waals surface area (Å²) < 4.78 is 3.76. The average molecular weight is 195 g/mol. The van der Waals surface area contributed by atoms with Gasteiger partial charge in [-0.25, -0.2) is 9.48 Å². The van der Waals surface area contributed by atoms with E-state index in [-0.39, 0.29) is 11.2 Å². The van der Waals surface area contributed by atoms with Crippen LogP contribution in [-0.4, -0.2) is 24.1 Å². The van der Waals surface area contributed by atoms with Crippen LogP contribution >= 0.6 is 0 Å². The Morgan fingerprint density at radius 2 is 1.71 bits per heavy atom. The molecule has 2 aromatic heterocycles. The lowest BCUT2D eigenvalue weighted by Crippen LogP contribution is -2.37. The normalized spacial score (nSPS) is 11.1. The fourth-order valence-electron chi connectivity index (χ4n) is 1.43. The first-order chi connectivity index (χ1) is 6.54. The zero-order valence-electron chi connectivity index (χ0n) is 8.05. The number of rotatable bonds is 0. The lowest BCUT2D eigenvalue weighted by molar-refractivity contribution is 0.675. The molecule has 0 atom stereocenters. The van der Waals surface area contributed by atoms with Crippen LogP contribution in [-0.2, 0) is 21.1 Å². The quantitative estimate of drug-likeness (QED) is 0.505. The third kappa shape index (κ3) is 0.860. The van der Waals surface area contributed by atoms with Crippen LogP contribution in [0.3, 0.4) is 0 Å². The lowest BCUT2D eigenvalue weighted by atomic mass is 10.5. The molecule has 0 N–H and O–H groups in total. The molecule has 2 aromatic rings. The van der Waals surface area contributed by atoms with E-state index in [4.69, 9.17) is 0 Å². The monoisotopic (exact) mass is 195 g/mol. The summed E-state index contributed by atoms with van der Waals surface area (Å²) in [5, 5.41) is 7.39. The summed E-state index contributed by atoms with van der Waals surface area (Å²) in [6.45, 7) is 0. The summed E-state index contributed by atoms with van der Waals surface area (Å²) in [4.78, 5) is 23.1. The van der Waals surface area contributed by atoms with E-state index >= 15 is 0 Å². The molecular weight excluding hydrogens is 186 g/mol. The Hall–Kier alpha value is -1.92. The predicted octanol–water partition coefficient (Wildman–Crippen LogP) is -1.63. The van der Waals surface area contributed by atoms with E-state index < -0.39 is 5.56 Å². The highest BCUT2D eigenvalue weighted by molar-refractivity contribution is 5.68. The number of nitrogens with zero attached hydrogens (tertiary/aromatic N) is 5. The minimum atomic E-state index is -0.420. The predicted molar refractivity (Wildman–Crippen MR) is 49.0 cm³/mol. The number of fused-ring (bicyclic) bond motifs is 1. The summed E-state index contributed by atoms with van der Waals surface area (Å²) in [5.74, 6) is 0. The van der Waals surface area contributed by atoms with Crippen molar-refractivity contribution < 1.29 is 0 Å². The Morgan fingerprint density at radius 3 is 2.36 bits per heavy atom. The van der Waals surface area contributed by atoms with Crippen molar-refractivity contribution in [1.29, 1.82) is 0 Å².